The predicted octanol–water partition coefficient (Wildman–Crippen LogP) is 4.24. The lowest BCUT2D eigenvalue weighted by Gasteiger charge is -2.23. The van der Waals surface area contributed by atoms with E-state index in [9.17, 15) is 14.0 Å². The summed E-state index contributed by atoms with van der Waals surface area (Å²) in [5, 5.41) is 0.0509. The maximum Gasteiger partial charge on any atom is 0.179 e. The third-order valence-corrected chi connectivity index (χ3v) is 6.08. The van der Waals surface area contributed by atoms with E-state index in [1.807, 2.05) is 39.0 Å². The first kappa shape index (κ1) is 19.2. The van der Waals surface area contributed by atoms with Crippen LogP contribution in [0.5, 0.6) is 0 Å². The Morgan fingerprint density at radius 3 is 2.43 bits per heavy atom. The van der Waals surface area contributed by atoms with Crippen LogP contribution in [-0.2, 0) is 20.8 Å². The molecule has 146 valence electrons. The molecule has 1 N–H and O–H groups in total. The van der Waals surface area contributed by atoms with Crippen LogP contribution in [0.4, 0.5) is 4.39 Å². The molecule has 3 atom stereocenters. The third kappa shape index (κ3) is 2.89. The van der Waals surface area contributed by atoms with Crippen LogP contribution in [-0.4, -0.2) is 23.2 Å². The molecule has 2 fully saturated rings. The van der Waals surface area contributed by atoms with Gasteiger partial charge in [0.2, 0.25) is 0 Å². The van der Waals surface area contributed by atoms with E-state index in [1.54, 1.807) is 6.07 Å². The molecular formula is C22H21ClFNO3. The van der Waals surface area contributed by atoms with Crippen LogP contribution >= 0.6 is 11.6 Å². The van der Waals surface area contributed by atoms with Gasteiger partial charge in [-0.1, -0.05) is 36.7 Å². The minimum Gasteiger partial charge on any atom is -0.298 e. The molecule has 0 spiro atoms. The number of ketones is 2. The number of carbonyl (C=O) groups excluding carboxylic acids is 2. The van der Waals surface area contributed by atoms with Crippen LogP contribution in [0.1, 0.15) is 37.8 Å². The van der Waals surface area contributed by atoms with Gasteiger partial charge in [-0.25, -0.2) is 4.39 Å². The first-order valence-corrected chi connectivity index (χ1v) is 9.71. The maximum atomic E-state index is 13.9. The molecular weight excluding hydrogens is 381 g/mol. The largest absolute Gasteiger partial charge is 0.298 e. The van der Waals surface area contributed by atoms with Crippen molar-refractivity contribution in [3.05, 3.63) is 58.4 Å². The summed E-state index contributed by atoms with van der Waals surface area (Å²) in [6.45, 7) is 5.70. The summed E-state index contributed by atoms with van der Waals surface area (Å²) in [5.74, 6) is -2.24. The highest BCUT2D eigenvalue weighted by atomic mass is 35.5. The van der Waals surface area contributed by atoms with Crippen molar-refractivity contribution in [1.82, 2.24) is 5.48 Å². The molecule has 1 aliphatic heterocycles. The van der Waals surface area contributed by atoms with Crippen molar-refractivity contribution in [1.29, 1.82) is 0 Å². The first-order chi connectivity index (χ1) is 13.2. The van der Waals surface area contributed by atoms with Crippen molar-refractivity contribution in [2.75, 3.05) is 0 Å². The van der Waals surface area contributed by atoms with E-state index in [2.05, 4.69) is 5.48 Å². The first-order valence-electron chi connectivity index (χ1n) is 9.33. The standard InChI is InChI=1S/C22H21ClFNO3/c1-4-11-5-6-12(13-7-8-15(23)16(24)10-13)9-14(11)17-19(26)18-21(20(17)27)28-25-22(18,2)3/h5-10,17-18,21,25H,4H2,1-3H3. The molecule has 4 nitrogen and oxygen atoms in total. The van der Waals surface area contributed by atoms with Crippen molar-refractivity contribution < 1.29 is 18.8 Å². The van der Waals surface area contributed by atoms with Gasteiger partial charge in [0.1, 0.15) is 17.8 Å². The molecule has 1 saturated carbocycles. The fourth-order valence-electron chi connectivity index (χ4n) is 4.28. The maximum absolute atomic E-state index is 13.9. The van der Waals surface area contributed by atoms with Gasteiger partial charge in [0.05, 0.1) is 16.5 Å². The molecule has 0 amide bonds. The lowest BCUT2D eigenvalue weighted by atomic mass is 9.82. The van der Waals surface area contributed by atoms with Crippen LogP contribution < -0.4 is 5.48 Å². The number of benzene rings is 2. The number of hydroxylamine groups is 1. The van der Waals surface area contributed by atoms with E-state index in [0.717, 1.165) is 11.1 Å². The van der Waals surface area contributed by atoms with Crippen LogP contribution in [0.15, 0.2) is 36.4 Å². The molecule has 4 rings (SSSR count). The second kappa shape index (κ2) is 6.76. The van der Waals surface area contributed by atoms with Crippen LogP contribution in [0.2, 0.25) is 5.02 Å². The Morgan fingerprint density at radius 1 is 1.11 bits per heavy atom. The van der Waals surface area contributed by atoms with Crippen molar-refractivity contribution in [2.24, 2.45) is 5.92 Å². The number of rotatable bonds is 3. The summed E-state index contributed by atoms with van der Waals surface area (Å²) < 4.78 is 13.9. The summed E-state index contributed by atoms with van der Waals surface area (Å²) in [6.07, 6.45) is -0.0895. The molecule has 0 aromatic heterocycles. The van der Waals surface area contributed by atoms with E-state index >= 15 is 0 Å². The normalized spacial score (nSPS) is 26.0. The number of carbonyl (C=O) groups is 2. The number of Topliss-reactive ketones (excluding diaryl/α,β-unsaturated/α-hetero) is 2. The molecule has 2 aromatic carbocycles. The van der Waals surface area contributed by atoms with Gasteiger partial charge in [-0.3, -0.25) is 14.4 Å². The summed E-state index contributed by atoms with van der Waals surface area (Å²) in [4.78, 5) is 31.7. The molecule has 6 heteroatoms. The van der Waals surface area contributed by atoms with E-state index in [1.165, 1.54) is 12.1 Å². The zero-order valence-corrected chi connectivity index (χ0v) is 16.6. The zero-order valence-electron chi connectivity index (χ0n) is 15.9. The fraction of sp³-hybridized carbons (Fsp3) is 0.364. The average Bonchev–Trinajstić information content (AvgIpc) is 3.12. The minimum absolute atomic E-state index is 0.0509. The molecule has 2 aliphatic rings. The average molecular weight is 402 g/mol. The molecule has 1 heterocycles. The Hall–Kier alpha value is -2.08. The Balaban J connectivity index is 1.80. The molecule has 28 heavy (non-hydrogen) atoms. The predicted molar refractivity (Wildman–Crippen MR) is 105 cm³/mol. The molecule has 1 aliphatic carbocycles. The van der Waals surface area contributed by atoms with Crippen LogP contribution in [0.25, 0.3) is 11.1 Å². The van der Waals surface area contributed by atoms with Gasteiger partial charge in [-0.15, -0.1) is 0 Å². The summed E-state index contributed by atoms with van der Waals surface area (Å²) in [7, 11) is 0. The number of hydrogen-bond acceptors (Lipinski definition) is 4. The quantitative estimate of drug-likeness (QED) is 0.781. The van der Waals surface area contributed by atoms with Gasteiger partial charge in [0.25, 0.3) is 0 Å². The summed E-state index contributed by atoms with van der Waals surface area (Å²) in [6, 6.07) is 10.2. The molecule has 2 aromatic rings. The third-order valence-electron chi connectivity index (χ3n) is 5.78. The van der Waals surface area contributed by atoms with E-state index in [-0.39, 0.29) is 16.6 Å². The molecule has 1 saturated heterocycles. The van der Waals surface area contributed by atoms with Gasteiger partial charge >= 0.3 is 0 Å². The van der Waals surface area contributed by atoms with Gasteiger partial charge < -0.3 is 0 Å². The number of halogens is 2. The molecule has 0 bridgehead atoms. The number of nitrogens with one attached hydrogen (secondary N) is 1. The fourth-order valence-corrected chi connectivity index (χ4v) is 4.40. The monoisotopic (exact) mass is 401 g/mol. The lowest BCUT2D eigenvalue weighted by Crippen LogP contribution is -2.41. The summed E-state index contributed by atoms with van der Waals surface area (Å²) in [5.41, 5.74) is 5.19. The number of aryl methyl sites for hydroxylation is 1. The van der Waals surface area contributed by atoms with E-state index in [0.29, 0.717) is 17.5 Å². The van der Waals surface area contributed by atoms with Crippen molar-refractivity contribution in [2.45, 2.75) is 44.8 Å². The smallest absolute Gasteiger partial charge is 0.179 e. The lowest BCUT2D eigenvalue weighted by molar-refractivity contribution is -0.131. The van der Waals surface area contributed by atoms with Gasteiger partial charge in [-0.05, 0) is 60.7 Å². The topological polar surface area (TPSA) is 55.4 Å². The Labute approximate surface area is 168 Å². The highest BCUT2D eigenvalue weighted by Gasteiger charge is 2.60. The van der Waals surface area contributed by atoms with E-state index < -0.39 is 29.3 Å². The molecule has 0 radical (unpaired) electrons. The summed E-state index contributed by atoms with van der Waals surface area (Å²) >= 11 is 5.79. The molecule has 3 unspecified atom stereocenters. The van der Waals surface area contributed by atoms with Crippen LogP contribution in [0.3, 0.4) is 0 Å². The Morgan fingerprint density at radius 2 is 1.79 bits per heavy atom. The van der Waals surface area contributed by atoms with Gasteiger partial charge in [0.15, 0.2) is 11.6 Å². The minimum atomic E-state index is -0.858. The highest BCUT2D eigenvalue weighted by molar-refractivity contribution is 6.30. The van der Waals surface area contributed by atoms with Crippen molar-refractivity contribution >= 4 is 23.2 Å². The zero-order chi connectivity index (χ0) is 20.2. The number of hydrogen-bond donors (Lipinski definition) is 1. The van der Waals surface area contributed by atoms with Crippen LogP contribution in [0, 0.1) is 11.7 Å². The van der Waals surface area contributed by atoms with Crippen molar-refractivity contribution in [3.63, 3.8) is 0 Å². The van der Waals surface area contributed by atoms with Gasteiger partial charge in [0, 0.05) is 0 Å². The van der Waals surface area contributed by atoms with E-state index in [4.69, 9.17) is 16.4 Å². The SMILES string of the molecule is CCc1ccc(-c2ccc(Cl)c(F)c2)cc1C1C(=O)C2ONC(C)(C)C2C1=O. The van der Waals surface area contributed by atoms with Gasteiger partial charge in [-0.2, -0.15) is 5.48 Å². The Bertz CT molecular complexity index is 988. The second-order valence-corrected chi connectivity index (χ2v) is 8.38. The number of fused-ring (bicyclic) bond motifs is 1. The highest BCUT2D eigenvalue weighted by Crippen LogP contribution is 2.44. The Kier molecular flexibility index (Phi) is 4.65. The second-order valence-electron chi connectivity index (χ2n) is 7.97. The van der Waals surface area contributed by atoms with Crippen molar-refractivity contribution in [3.8, 4) is 11.1 Å².